The van der Waals surface area contributed by atoms with E-state index in [-0.39, 0.29) is 31.0 Å². The molecule has 0 unspecified atom stereocenters. The Balaban J connectivity index is 1.09. The topological polar surface area (TPSA) is 125 Å². The van der Waals surface area contributed by atoms with Crippen LogP contribution < -0.4 is 10.6 Å². The third-order valence-electron chi connectivity index (χ3n) is 7.37. The highest BCUT2D eigenvalue weighted by molar-refractivity contribution is 5.93. The summed E-state index contributed by atoms with van der Waals surface area (Å²) in [5.74, 6) is -2.10. The van der Waals surface area contributed by atoms with Crippen LogP contribution in [0.5, 0.6) is 0 Å². The molecule has 9 nitrogen and oxygen atoms in total. The molecular formula is C26H27N3O6. The van der Waals surface area contributed by atoms with Gasteiger partial charge in [0.25, 0.3) is 0 Å². The average molecular weight is 478 g/mol. The number of carboxylic acids is 1. The molecule has 0 aromatic heterocycles. The number of ether oxygens (including phenoxy) is 1. The quantitative estimate of drug-likeness (QED) is 0.561. The predicted molar refractivity (Wildman–Crippen MR) is 126 cm³/mol. The van der Waals surface area contributed by atoms with Crippen LogP contribution in [-0.2, 0) is 19.1 Å². The van der Waals surface area contributed by atoms with Gasteiger partial charge in [0.05, 0.1) is 6.54 Å². The van der Waals surface area contributed by atoms with Gasteiger partial charge in [-0.3, -0.25) is 9.59 Å². The molecule has 2 heterocycles. The first-order chi connectivity index (χ1) is 16.7. The fourth-order valence-corrected chi connectivity index (χ4v) is 5.92. The van der Waals surface area contributed by atoms with Gasteiger partial charge in [-0.2, -0.15) is 0 Å². The van der Waals surface area contributed by atoms with E-state index in [0.29, 0.717) is 19.4 Å². The number of nitrogens with zero attached hydrogens (tertiary/aromatic N) is 1. The van der Waals surface area contributed by atoms with Crippen molar-refractivity contribution < 1.29 is 29.0 Å². The number of carboxylic acid groups (broad SMARTS) is 1. The first-order valence-electron chi connectivity index (χ1n) is 11.6. The molecule has 35 heavy (non-hydrogen) atoms. The molecule has 0 atom stereocenters. The smallest absolute Gasteiger partial charge is 0.407 e. The second-order valence-electron chi connectivity index (χ2n) is 9.94. The highest BCUT2D eigenvalue weighted by Gasteiger charge is 2.68. The molecule has 0 spiro atoms. The number of nitrogens with one attached hydrogen (secondary N) is 2. The van der Waals surface area contributed by atoms with Gasteiger partial charge in [-0.25, -0.2) is 9.59 Å². The van der Waals surface area contributed by atoms with E-state index in [4.69, 9.17) is 4.74 Å². The number of carbonyl (C=O) groups excluding carboxylic acids is 3. The molecule has 182 valence electrons. The minimum absolute atomic E-state index is 0.0882. The molecule has 4 aliphatic rings. The van der Waals surface area contributed by atoms with E-state index >= 15 is 0 Å². The zero-order valence-electron chi connectivity index (χ0n) is 19.4. The number of alkyl carbamates (subject to hydrolysis) is 1. The molecule has 2 bridgehead atoms. The lowest BCUT2D eigenvalue weighted by Crippen LogP contribution is -2.57. The monoisotopic (exact) mass is 477 g/mol. The molecule has 2 aliphatic carbocycles. The molecule has 3 fully saturated rings. The summed E-state index contributed by atoms with van der Waals surface area (Å²) >= 11 is 0. The number of benzene rings is 2. The van der Waals surface area contributed by atoms with Crippen LogP contribution in [0.25, 0.3) is 11.1 Å². The van der Waals surface area contributed by atoms with Gasteiger partial charge in [0.15, 0.2) is 0 Å². The number of fused-ring (bicyclic) bond motifs is 4. The molecule has 1 saturated carbocycles. The molecule has 3 amide bonds. The SMILES string of the molecule is CC12CN(C(=O)CNC(=O)CNC(=O)OCC3c4ccccc4-c4ccccc43)C(C(=O)O)(C1)C2. The van der Waals surface area contributed by atoms with Gasteiger partial charge in [0, 0.05) is 12.5 Å². The van der Waals surface area contributed by atoms with Crippen LogP contribution in [0.1, 0.15) is 36.8 Å². The molecule has 9 heteroatoms. The first kappa shape index (κ1) is 22.9. The Hall–Kier alpha value is -3.88. The molecule has 2 aromatic rings. The van der Waals surface area contributed by atoms with Crippen LogP contribution in [0.15, 0.2) is 48.5 Å². The predicted octanol–water partition coefficient (Wildman–Crippen LogP) is 2.11. The number of carbonyl (C=O) groups is 4. The number of hydrogen-bond acceptors (Lipinski definition) is 5. The van der Waals surface area contributed by atoms with Gasteiger partial charge in [-0.15, -0.1) is 0 Å². The van der Waals surface area contributed by atoms with Gasteiger partial charge in [0.1, 0.15) is 18.7 Å². The maximum atomic E-state index is 12.6. The molecule has 2 aromatic carbocycles. The average Bonchev–Trinajstić information content (AvgIpc) is 3.43. The minimum Gasteiger partial charge on any atom is -0.479 e. The third-order valence-corrected chi connectivity index (χ3v) is 7.37. The Morgan fingerprint density at radius 1 is 0.971 bits per heavy atom. The maximum Gasteiger partial charge on any atom is 0.407 e. The lowest BCUT2D eigenvalue weighted by Gasteiger charge is -2.42. The van der Waals surface area contributed by atoms with Gasteiger partial charge in [-0.1, -0.05) is 55.5 Å². The maximum absolute atomic E-state index is 12.6. The second-order valence-corrected chi connectivity index (χ2v) is 9.94. The summed E-state index contributed by atoms with van der Waals surface area (Å²) in [5.41, 5.74) is 3.08. The Kier molecular flexibility index (Phi) is 5.50. The van der Waals surface area contributed by atoms with E-state index in [1.54, 1.807) is 0 Å². The van der Waals surface area contributed by atoms with Crippen LogP contribution >= 0.6 is 0 Å². The summed E-state index contributed by atoms with van der Waals surface area (Å²) in [5, 5.41) is 14.4. The standard InChI is InChI=1S/C26H27N3O6/c1-25-13-26(14-25,23(32)33)29(15-25)22(31)11-27-21(30)10-28-24(34)35-12-20-18-8-4-2-6-16(18)17-7-3-5-9-19(17)20/h2-9,20H,10-15H2,1H3,(H,27,30)(H,28,34)(H,32,33). The van der Waals surface area contributed by atoms with E-state index in [9.17, 15) is 24.3 Å². The Labute approximate surface area is 202 Å². The van der Waals surface area contributed by atoms with Crippen molar-refractivity contribution in [3.63, 3.8) is 0 Å². The summed E-state index contributed by atoms with van der Waals surface area (Å²) < 4.78 is 5.40. The Morgan fingerprint density at radius 3 is 2.17 bits per heavy atom. The number of aliphatic carboxylic acids is 1. The molecule has 3 N–H and O–H groups in total. The van der Waals surface area contributed by atoms with Crippen LogP contribution in [0, 0.1) is 5.41 Å². The van der Waals surface area contributed by atoms with Crippen molar-refractivity contribution in [2.45, 2.75) is 31.2 Å². The lowest BCUT2D eigenvalue weighted by atomic mass is 9.63. The summed E-state index contributed by atoms with van der Waals surface area (Å²) in [4.78, 5) is 50.0. The van der Waals surface area contributed by atoms with Gasteiger partial charge < -0.3 is 25.4 Å². The van der Waals surface area contributed by atoms with E-state index in [1.807, 2.05) is 55.5 Å². The molecule has 0 radical (unpaired) electrons. The molecule has 2 aliphatic heterocycles. The zero-order chi connectivity index (χ0) is 24.8. The molecule has 6 rings (SSSR count). The van der Waals surface area contributed by atoms with Gasteiger partial charge in [0.2, 0.25) is 11.8 Å². The Morgan fingerprint density at radius 2 is 1.57 bits per heavy atom. The molecule has 2 saturated heterocycles. The van der Waals surface area contributed by atoms with E-state index in [0.717, 1.165) is 22.3 Å². The highest BCUT2D eigenvalue weighted by Crippen LogP contribution is 2.59. The second kappa shape index (κ2) is 8.41. The fraction of sp³-hybridized carbons (Fsp3) is 0.385. The van der Waals surface area contributed by atoms with Crippen molar-refractivity contribution in [3.8, 4) is 11.1 Å². The summed E-state index contributed by atoms with van der Waals surface area (Å²) in [6, 6.07) is 16.0. The van der Waals surface area contributed by atoms with Crippen molar-refractivity contribution in [1.29, 1.82) is 0 Å². The fourth-order valence-electron chi connectivity index (χ4n) is 5.92. The van der Waals surface area contributed by atoms with Gasteiger partial charge >= 0.3 is 12.1 Å². The highest BCUT2D eigenvalue weighted by atomic mass is 16.5. The van der Waals surface area contributed by atoms with E-state index in [1.165, 1.54) is 4.90 Å². The summed E-state index contributed by atoms with van der Waals surface area (Å²) in [6.45, 7) is 1.78. The van der Waals surface area contributed by atoms with Crippen molar-refractivity contribution in [2.75, 3.05) is 26.2 Å². The Bertz CT molecular complexity index is 1170. The van der Waals surface area contributed by atoms with E-state index < -0.39 is 29.4 Å². The summed E-state index contributed by atoms with van der Waals surface area (Å²) in [6.07, 6.45) is 0.128. The van der Waals surface area contributed by atoms with Crippen molar-refractivity contribution in [3.05, 3.63) is 59.7 Å². The minimum atomic E-state index is -1.16. The van der Waals surface area contributed by atoms with Crippen molar-refractivity contribution in [2.24, 2.45) is 5.41 Å². The third kappa shape index (κ3) is 3.90. The lowest BCUT2D eigenvalue weighted by molar-refractivity contribution is -0.159. The van der Waals surface area contributed by atoms with Crippen LogP contribution in [0.3, 0.4) is 0 Å². The van der Waals surface area contributed by atoms with E-state index in [2.05, 4.69) is 10.6 Å². The summed E-state index contributed by atoms with van der Waals surface area (Å²) in [7, 11) is 0. The first-order valence-corrected chi connectivity index (χ1v) is 11.6. The van der Waals surface area contributed by atoms with Crippen molar-refractivity contribution >= 4 is 23.9 Å². The number of rotatable bonds is 7. The normalized spacial score (nSPS) is 23.6. The largest absolute Gasteiger partial charge is 0.479 e. The zero-order valence-corrected chi connectivity index (χ0v) is 19.4. The molecular weight excluding hydrogens is 450 g/mol. The van der Waals surface area contributed by atoms with Crippen LogP contribution in [-0.4, -0.2) is 65.7 Å². The van der Waals surface area contributed by atoms with Gasteiger partial charge in [-0.05, 0) is 40.5 Å². The van der Waals surface area contributed by atoms with Crippen LogP contribution in [0.4, 0.5) is 4.79 Å². The van der Waals surface area contributed by atoms with Crippen LogP contribution in [0.2, 0.25) is 0 Å². The van der Waals surface area contributed by atoms with Crippen molar-refractivity contribution in [1.82, 2.24) is 15.5 Å². The number of amides is 3. The number of hydrogen-bond donors (Lipinski definition) is 3.